The van der Waals surface area contributed by atoms with Gasteiger partial charge in [0, 0.05) is 32.1 Å². The van der Waals surface area contributed by atoms with Gasteiger partial charge in [0.1, 0.15) is 0 Å². The molecule has 26 heavy (non-hydrogen) atoms. The zero-order valence-corrected chi connectivity index (χ0v) is 14.7. The summed E-state index contributed by atoms with van der Waals surface area (Å²) in [7, 11) is 0. The molecule has 0 saturated carbocycles. The largest absolute Gasteiger partial charge is 0.354 e. The number of nitrogens with one attached hydrogen (secondary N) is 1. The van der Waals surface area contributed by atoms with Crippen LogP contribution in [0.3, 0.4) is 0 Å². The van der Waals surface area contributed by atoms with Gasteiger partial charge < -0.3 is 16.0 Å². The number of aromatic nitrogens is 3. The van der Waals surface area contributed by atoms with Crippen LogP contribution in [0.4, 0.5) is 0 Å². The van der Waals surface area contributed by atoms with Gasteiger partial charge >= 0.3 is 0 Å². The van der Waals surface area contributed by atoms with E-state index in [0.29, 0.717) is 31.7 Å². The molecule has 1 aromatic heterocycles. The number of benzene rings is 1. The van der Waals surface area contributed by atoms with E-state index in [0.717, 1.165) is 24.9 Å². The van der Waals surface area contributed by atoms with Gasteiger partial charge in [-0.2, -0.15) is 9.90 Å². The number of carbonyl (C=O) groups is 2. The monoisotopic (exact) mass is 356 g/mol. The lowest BCUT2D eigenvalue weighted by Gasteiger charge is -2.35. The minimum Gasteiger partial charge on any atom is -0.354 e. The summed E-state index contributed by atoms with van der Waals surface area (Å²) < 4.78 is 0. The fourth-order valence-corrected chi connectivity index (χ4v) is 3.13. The molecule has 1 aliphatic heterocycles. The van der Waals surface area contributed by atoms with E-state index in [4.69, 9.17) is 5.73 Å². The Bertz CT molecular complexity index is 745. The molecule has 1 fully saturated rings. The van der Waals surface area contributed by atoms with Crippen molar-refractivity contribution in [2.24, 2.45) is 5.73 Å². The van der Waals surface area contributed by atoms with E-state index in [1.54, 1.807) is 4.90 Å². The van der Waals surface area contributed by atoms with Crippen LogP contribution in [0.15, 0.2) is 36.5 Å². The van der Waals surface area contributed by atoms with E-state index in [1.165, 1.54) is 11.0 Å². The second-order valence-corrected chi connectivity index (χ2v) is 6.35. The molecule has 0 aliphatic carbocycles. The molecule has 0 spiro atoms. The number of amides is 2. The molecule has 2 aromatic rings. The maximum Gasteiger partial charge on any atom is 0.276 e. The van der Waals surface area contributed by atoms with Crippen molar-refractivity contribution in [2.75, 3.05) is 19.6 Å². The first-order valence-electron chi connectivity index (χ1n) is 8.94. The number of rotatable bonds is 6. The molecule has 1 atom stereocenters. The number of nitrogens with two attached hydrogens (primary N) is 1. The van der Waals surface area contributed by atoms with Crippen LogP contribution in [-0.4, -0.2) is 57.4 Å². The number of hydrogen-bond acceptors (Lipinski definition) is 5. The Morgan fingerprint density at radius 1 is 1.23 bits per heavy atom. The predicted molar refractivity (Wildman–Crippen MR) is 96.7 cm³/mol. The number of piperidine rings is 1. The standard InChI is InChI=1S/C18H24N6O2/c19-10-9-17(25)20-12-15-8-4-5-11-23(15)18(26)16-13-21-24(22-16)14-6-2-1-3-7-14/h1-3,6-7,13,15H,4-5,8-12,19H2,(H,20,25). The molecule has 2 amide bonds. The summed E-state index contributed by atoms with van der Waals surface area (Å²) >= 11 is 0. The smallest absolute Gasteiger partial charge is 0.276 e. The van der Waals surface area contributed by atoms with Crippen molar-refractivity contribution in [1.82, 2.24) is 25.2 Å². The van der Waals surface area contributed by atoms with E-state index >= 15 is 0 Å². The van der Waals surface area contributed by atoms with Crippen LogP contribution in [0.25, 0.3) is 5.69 Å². The lowest BCUT2D eigenvalue weighted by atomic mass is 10.0. The van der Waals surface area contributed by atoms with E-state index < -0.39 is 0 Å². The van der Waals surface area contributed by atoms with Crippen molar-refractivity contribution < 1.29 is 9.59 Å². The highest BCUT2D eigenvalue weighted by molar-refractivity contribution is 5.92. The van der Waals surface area contributed by atoms with Gasteiger partial charge in [0.15, 0.2) is 5.69 Å². The third kappa shape index (κ3) is 4.26. The molecule has 8 nitrogen and oxygen atoms in total. The molecule has 1 aliphatic rings. The number of para-hydroxylation sites is 1. The molecule has 2 heterocycles. The minimum atomic E-state index is -0.148. The fourth-order valence-electron chi connectivity index (χ4n) is 3.13. The summed E-state index contributed by atoms with van der Waals surface area (Å²) in [6.45, 7) is 1.42. The van der Waals surface area contributed by atoms with Crippen molar-refractivity contribution >= 4 is 11.8 Å². The highest BCUT2D eigenvalue weighted by Gasteiger charge is 2.29. The Morgan fingerprint density at radius 3 is 2.81 bits per heavy atom. The Balaban J connectivity index is 1.68. The van der Waals surface area contributed by atoms with Crippen molar-refractivity contribution in [1.29, 1.82) is 0 Å². The summed E-state index contributed by atoms with van der Waals surface area (Å²) in [6, 6.07) is 9.43. The first-order chi connectivity index (χ1) is 12.7. The topological polar surface area (TPSA) is 106 Å². The highest BCUT2D eigenvalue weighted by Crippen LogP contribution is 2.19. The molecule has 138 valence electrons. The highest BCUT2D eigenvalue weighted by atomic mass is 16.2. The average Bonchev–Trinajstić information content (AvgIpc) is 3.17. The summed E-state index contributed by atoms with van der Waals surface area (Å²) in [5.41, 5.74) is 6.51. The lowest BCUT2D eigenvalue weighted by Crippen LogP contribution is -2.49. The SMILES string of the molecule is NCCC(=O)NCC1CCCCN1C(=O)c1cnn(-c2ccccc2)n1. The quantitative estimate of drug-likeness (QED) is 0.793. The normalized spacial score (nSPS) is 17.1. The number of nitrogens with zero attached hydrogens (tertiary/aromatic N) is 4. The van der Waals surface area contributed by atoms with Crippen molar-refractivity contribution in [3.63, 3.8) is 0 Å². The Morgan fingerprint density at radius 2 is 2.04 bits per heavy atom. The second kappa shape index (κ2) is 8.57. The summed E-state index contributed by atoms with van der Waals surface area (Å²) in [5.74, 6) is -0.231. The first kappa shape index (κ1) is 18.1. The zero-order chi connectivity index (χ0) is 18.4. The predicted octanol–water partition coefficient (Wildman–Crippen LogP) is 0.727. The number of hydrogen-bond donors (Lipinski definition) is 2. The fraction of sp³-hybridized carbons (Fsp3) is 0.444. The van der Waals surface area contributed by atoms with Crippen LogP contribution < -0.4 is 11.1 Å². The maximum atomic E-state index is 12.9. The molecule has 3 rings (SSSR count). The summed E-state index contributed by atoms with van der Waals surface area (Å²) in [5, 5.41) is 11.4. The molecule has 1 aromatic carbocycles. The van der Waals surface area contributed by atoms with Crippen LogP contribution in [0.2, 0.25) is 0 Å². The molecule has 1 saturated heterocycles. The first-order valence-corrected chi connectivity index (χ1v) is 8.94. The van der Waals surface area contributed by atoms with Gasteiger partial charge in [-0.1, -0.05) is 18.2 Å². The molecule has 0 bridgehead atoms. The van der Waals surface area contributed by atoms with Gasteiger partial charge in [0.05, 0.1) is 11.9 Å². The van der Waals surface area contributed by atoms with Crippen molar-refractivity contribution in [3.8, 4) is 5.69 Å². The average molecular weight is 356 g/mol. The van der Waals surface area contributed by atoms with Gasteiger partial charge in [-0.05, 0) is 31.4 Å². The third-order valence-corrected chi connectivity index (χ3v) is 4.49. The Hall–Kier alpha value is -2.74. The van der Waals surface area contributed by atoms with Crippen molar-refractivity contribution in [2.45, 2.75) is 31.7 Å². The van der Waals surface area contributed by atoms with Gasteiger partial charge in [-0.3, -0.25) is 9.59 Å². The van der Waals surface area contributed by atoms with Crippen molar-refractivity contribution in [3.05, 3.63) is 42.2 Å². The molecule has 3 N–H and O–H groups in total. The number of carbonyl (C=O) groups excluding carboxylic acids is 2. The lowest BCUT2D eigenvalue weighted by molar-refractivity contribution is -0.121. The Labute approximate surface area is 152 Å². The second-order valence-electron chi connectivity index (χ2n) is 6.35. The van der Waals surface area contributed by atoms with Gasteiger partial charge in [-0.15, -0.1) is 5.10 Å². The van der Waals surface area contributed by atoms with E-state index in [-0.39, 0.29) is 17.9 Å². The van der Waals surface area contributed by atoms with Crippen LogP contribution in [0.1, 0.15) is 36.2 Å². The molecular weight excluding hydrogens is 332 g/mol. The molecule has 0 radical (unpaired) electrons. The van der Waals surface area contributed by atoms with Crippen LogP contribution in [0, 0.1) is 0 Å². The van der Waals surface area contributed by atoms with Crippen LogP contribution >= 0.6 is 0 Å². The van der Waals surface area contributed by atoms with E-state index in [1.807, 2.05) is 30.3 Å². The molecule has 1 unspecified atom stereocenters. The summed E-state index contributed by atoms with van der Waals surface area (Å²) in [6.07, 6.45) is 4.64. The zero-order valence-electron chi connectivity index (χ0n) is 14.7. The van der Waals surface area contributed by atoms with E-state index in [2.05, 4.69) is 15.5 Å². The summed E-state index contributed by atoms with van der Waals surface area (Å²) in [4.78, 5) is 27.8. The van der Waals surface area contributed by atoms with E-state index in [9.17, 15) is 9.59 Å². The Kier molecular flexibility index (Phi) is 5.96. The van der Waals surface area contributed by atoms with Gasteiger partial charge in [0.25, 0.3) is 5.91 Å². The third-order valence-electron chi connectivity index (χ3n) is 4.49. The van der Waals surface area contributed by atoms with Crippen LogP contribution in [-0.2, 0) is 4.79 Å². The minimum absolute atomic E-state index is 0.0279. The molecule has 8 heteroatoms. The van der Waals surface area contributed by atoms with Gasteiger partial charge in [-0.25, -0.2) is 0 Å². The van der Waals surface area contributed by atoms with Gasteiger partial charge in [0.2, 0.25) is 5.91 Å². The van der Waals surface area contributed by atoms with Crippen LogP contribution in [0.5, 0.6) is 0 Å². The number of likely N-dealkylation sites (tertiary alicyclic amines) is 1. The molecular formula is C18H24N6O2. The maximum absolute atomic E-state index is 12.9.